The lowest BCUT2D eigenvalue weighted by atomic mass is 9.85. The summed E-state index contributed by atoms with van der Waals surface area (Å²) in [5.41, 5.74) is 6.71. The first-order valence-corrected chi connectivity index (χ1v) is 10.3. The second kappa shape index (κ2) is 7.86. The van der Waals surface area contributed by atoms with E-state index in [0.29, 0.717) is 24.5 Å². The lowest BCUT2D eigenvalue weighted by Crippen LogP contribution is -2.35. The van der Waals surface area contributed by atoms with E-state index < -0.39 is 0 Å². The van der Waals surface area contributed by atoms with Crippen LogP contribution in [0.15, 0.2) is 46.7 Å². The largest absolute Gasteiger partial charge is 0.484 e. The minimum absolute atomic E-state index is 0.371. The van der Waals surface area contributed by atoms with Gasteiger partial charge in [-0.1, -0.05) is 19.9 Å². The molecule has 2 aromatic rings. The van der Waals surface area contributed by atoms with Gasteiger partial charge in [-0.25, -0.2) is 4.98 Å². The number of ether oxygens (including phenoxy) is 1. The molecule has 148 valence electrons. The number of fused-ring (bicyclic) bond motifs is 1. The van der Waals surface area contributed by atoms with Crippen LogP contribution in [0.2, 0.25) is 0 Å². The smallest absolute Gasteiger partial charge is 0.232 e. The van der Waals surface area contributed by atoms with Crippen molar-refractivity contribution in [3.63, 3.8) is 0 Å². The fraction of sp³-hybridized carbons (Fsp3) is 0.458. The fourth-order valence-corrected chi connectivity index (χ4v) is 3.96. The molecule has 4 nitrogen and oxygen atoms in total. The predicted octanol–water partition coefficient (Wildman–Crippen LogP) is 5.39. The van der Waals surface area contributed by atoms with Crippen molar-refractivity contribution >= 4 is 5.57 Å². The normalized spacial score (nSPS) is 18.5. The van der Waals surface area contributed by atoms with Crippen molar-refractivity contribution in [3.8, 4) is 5.75 Å². The number of allylic oxidation sites excluding steroid dienone is 1. The zero-order valence-electron chi connectivity index (χ0n) is 17.4. The molecule has 2 aliphatic rings. The number of hydrogen-bond acceptors (Lipinski definition) is 4. The third-order valence-electron chi connectivity index (χ3n) is 5.74. The number of rotatable bonds is 7. The molecule has 1 aromatic heterocycles. The molecule has 0 fully saturated rings. The van der Waals surface area contributed by atoms with Crippen LogP contribution in [0.3, 0.4) is 0 Å². The van der Waals surface area contributed by atoms with Gasteiger partial charge >= 0.3 is 0 Å². The Bertz CT molecular complexity index is 907. The molecule has 0 saturated heterocycles. The van der Waals surface area contributed by atoms with Gasteiger partial charge in [0.2, 0.25) is 5.89 Å². The molecule has 1 atom stereocenters. The summed E-state index contributed by atoms with van der Waals surface area (Å²) < 4.78 is 11.5. The molecular formula is C24H30N2O2. The Hall–Kier alpha value is -2.49. The third kappa shape index (κ3) is 4.01. The number of hydrogen-bond donors (Lipinski definition) is 0. The maximum Gasteiger partial charge on any atom is 0.232 e. The summed E-state index contributed by atoms with van der Waals surface area (Å²) in [6.45, 7) is 10.3. The van der Waals surface area contributed by atoms with Gasteiger partial charge in [-0.2, -0.15) is 0 Å². The Labute approximate surface area is 167 Å². The standard InChI is InChI=1S/C24H30N2O2/c1-16(2)11-21-14-28-24(25-21)15-27-22-7-8-23-18(4)20(6-5-19(23)12-22)13-26-10-9-17(26)3/h7-10,12,14,16-17H,5-6,11,13,15H2,1-4H3. The van der Waals surface area contributed by atoms with Crippen LogP contribution in [0, 0.1) is 5.92 Å². The number of oxazole rings is 1. The molecule has 2 heterocycles. The maximum atomic E-state index is 5.95. The summed E-state index contributed by atoms with van der Waals surface area (Å²) in [5, 5.41) is 0. The number of aromatic nitrogens is 1. The van der Waals surface area contributed by atoms with Gasteiger partial charge in [0, 0.05) is 12.6 Å². The number of aryl methyl sites for hydroxylation is 1. The molecule has 0 N–H and O–H groups in total. The summed E-state index contributed by atoms with van der Waals surface area (Å²) in [6.07, 6.45) is 9.32. The van der Waals surface area contributed by atoms with Gasteiger partial charge in [0.15, 0.2) is 6.61 Å². The summed E-state index contributed by atoms with van der Waals surface area (Å²) in [4.78, 5) is 6.92. The number of benzene rings is 1. The molecule has 0 radical (unpaired) electrons. The fourth-order valence-electron chi connectivity index (χ4n) is 3.96. The van der Waals surface area contributed by atoms with Gasteiger partial charge in [0.25, 0.3) is 0 Å². The molecule has 1 aliphatic carbocycles. The van der Waals surface area contributed by atoms with Gasteiger partial charge in [-0.15, -0.1) is 0 Å². The maximum absolute atomic E-state index is 5.95. The van der Waals surface area contributed by atoms with Crippen LogP contribution in [0.1, 0.15) is 56.8 Å². The minimum atomic E-state index is 0.371. The quantitative estimate of drug-likeness (QED) is 0.647. The highest BCUT2D eigenvalue weighted by Crippen LogP contribution is 2.34. The van der Waals surface area contributed by atoms with Crippen molar-refractivity contribution in [1.29, 1.82) is 0 Å². The van der Waals surface area contributed by atoms with Crippen molar-refractivity contribution in [1.82, 2.24) is 9.88 Å². The molecule has 28 heavy (non-hydrogen) atoms. The van der Waals surface area contributed by atoms with E-state index in [1.807, 2.05) is 0 Å². The van der Waals surface area contributed by atoms with Gasteiger partial charge in [0.1, 0.15) is 12.0 Å². The molecule has 0 bridgehead atoms. The van der Waals surface area contributed by atoms with E-state index in [-0.39, 0.29) is 0 Å². The van der Waals surface area contributed by atoms with Crippen molar-refractivity contribution in [3.05, 3.63) is 65.0 Å². The minimum Gasteiger partial charge on any atom is -0.484 e. The van der Waals surface area contributed by atoms with Crippen LogP contribution in [0.5, 0.6) is 5.75 Å². The second-order valence-corrected chi connectivity index (χ2v) is 8.42. The first-order chi connectivity index (χ1) is 13.5. The van der Waals surface area contributed by atoms with Crippen LogP contribution in [0.25, 0.3) is 5.57 Å². The highest BCUT2D eigenvalue weighted by Gasteiger charge is 2.21. The molecule has 0 amide bonds. The summed E-state index contributed by atoms with van der Waals surface area (Å²) in [7, 11) is 0. The average molecular weight is 379 g/mol. The van der Waals surface area contributed by atoms with Crippen molar-refractivity contribution in [2.45, 2.75) is 59.6 Å². The third-order valence-corrected chi connectivity index (χ3v) is 5.74. The molecule has 1 unspecified atom stereocenters. The Kier molecular flexibility index (Phi) is 5.29. The summed E-state index contributed by atoms with van der Waals surface area (Å²) in [6, 6.07) is 7.01. The first-order valence-electron chi connectivity index (χ1n) is 10.3. The number of nitrogens with zero attached hydrogens (tertiary/aromatic N) is 2. The van der Waals surface area contributed by atoms with Crippen molar-refractivity contribution in [2.75, 3.05) is 6.54 Å². The lowest BCUT2D eigenvalue weighted by Gasteiger charge is -2.35. The van der Waals surface area contributed by atoms with E-state index in [4.69, 9.17) is 9.15 Å². The Morgan fingerprint density at radius 1 is 1.29 bits per heavy atom. The van der Waals surface area contributed by atoms with Crippen LogP contribution in [-0.4, -0.2) is 22.5 Å². The molecule has 1 aliphatic heterocycles. The molecule has 0 spiro atoms. The Morgan fingerprint density at radius 3 is 2.86 bits per heavy atom. The first kappa shape index (κ1) is 18.9. The Balaban J connectivity index is 1.41. The van der Waals surface area contributed by atoms with Gasteiger partial charge in [0.05, 0.1) is 5.69 Å². The highest BCUT2D eigenvalue weighted by atomic mass is 16.5. The van der Waals surface area contributed by atoms with E-state index in [1.54, 1.807) is 11.8 Å². The molecule has 0 saturated carbocycles. The van der Waals surface area contributed by atoms with E-state index in [2.05, 4.69) is 68.1 Å². The topological polar surface area (TPSA) is 38.5 Å². The highest BCUT2D eigenvalue weighted by molar-refractivity contribution is 5.72. The zero-order valence-corrected chi connectivity index (χ0v) is 17.4. The van der Waals surface area contributed by atoms with Crippen LogP contribution in [0.4, 0.5) is 0 Å². The van der Waals surface area contributed by atoms with Crippen LogP contribution >= 0.6 is 0 Å². The van der Waals surface area contributed by atoms with Crippen LogP contribution < -0.4 is 4.74 Å². The molecule has 4 rings (SSSR count). The average Bonchev–Trinajstić information content (AvgIpc) is 3.11. The zero-order chi connectivity index (χ0) is 19.7. The van der Waals surface area contributed by atoms with Gasteiger partial charge < -0.3 is 14.1 Å². The summed E-state index contributed by atoms with van der Waals surface area (Å²) in [5.74, 6) is 2.10. The van der Waals surface area contributed by atoms with Gasteiger partial charge in [-0.05, 0) is 85.7 Å². The predicted molar refractivity (Wildman–Crippen MR) is 112 cm³/mol. The monoisotopic (exact) mass is 378 g/mol. The lowest BCUT2D eigenvalue weighted by molar-refractivity contribution is 0.262. The van der Waals surface area contributed by atoms with Crippen molar-refractivity contribution < 1.29 is 9.15 Å². The van der Waals surface area contributed by atoms with E-state index in [9.17, 15) is 0 Å². The SMILES string of the molecule is CC1=C(CN2C=CC2C)CCc2cc(OCc3nc(CC(C)C)co3)ccc21. The summed E-state index contributed by atoms with van der Waals surface area (Å²) >= 11 is 0. The molecule has 1 aromatic carbocycles. The van der Waals surface area contributed by atoms with E-state index >= 15 is 0 Å². The van der Waals surface area contributed by atoms with Gasteiger partial charge in [-0.3, -0.25) is 0 Å². The van der Waals surface area contributed by atoms with E-state index in [1.165, 1.54) is 16.7 Å². The Morgan fingerprint density at radius 2 is 2.14 bits per heavy atom. The molecular weight excluding hydrogens is 348 g/mol. The van der Waals surface area contributed by atoms with E-state index in [0.717, 1.165) is 37.3 Å². The van der Waals surface area contributed by atoms with Crippen LogP contribution in [-0.2, 0) is 19.4 Å². The second-order valence-electron chi connectivity index (χ2n) is 8.42. The van der Waals surface area contributed by atoms with Crippen molar-refractivity contribution in [2.24, 2.45) is 5.92 Å². The molecule has 4 heteroatoms.